The highest BCUT2D eigenvalue weighted by Crippen LogP contribution is 2.29. The third-order valence-corrected chi connectivity index (χ3v) is 3.39. The summed E-state index contributed by atoms with van der Waals surface area (Å²) in [6, 6.07) is 9.41. The van der Waals surface area contributed by atoms with E-state index in [4.69, 9.17) is 5.26 Å². The van der Waals surface area contributed by atoms with Gasteiger partial charge in [0, 0.05) is 6.54 Å². The molecule has 1 N–H and O–H groups in total. The predicted molar refractivity (Wildman–Crippen MR) is 68.2 cm³/mol. The summed E-state index contributed by atoms with van der Waals surface area (Å²) in [6.45, 7) is 2.16. The molecule has 1 unspecified atom stereocenters. The molecule has 1 heterocycles. The van der Waals surface area contributed by atoms with Crippen LogP contribution in [-0.4, -0.2) is 34.0 Å². The van der Waals surface area contributed by atoms with E-state index in [9.17, 15) is 9.59 Å². The average molecular weight is 263 g/mol. The Morgan fingerprint density at radius 1 is 1.32 bits per heavy atom. The molecule has 1 aromatic carbocycles. The Morgan fingerprint density at radius 2 is 2.00 bits per heavy atom. The molecule has 0 aliphatic carbocycles. The van der Waals surface area contributed by atoms with E-state index in [1.54, 1.807) is 0 Å². The molecule has 1 aromatic rings. The molecule has 0 aromatic heterocycles. The Labute approximate surface area is 111 Å². The molecule has 102 valence electrons. The van der Waals surface area contributed by atoms with Gasteiger partial charge in [-0.25, -0.2) is 4.89 Å². The number of ketones is 1. The average Bonchev–Trinajstić information content (AvgIpc) is 2.65. The first-order valence-corrected chi connectivity index (χ1v) is 6.33. The first-order valence-electron chi connectivity index (χ1n) is 6.33. The zero-order valence-electron chi connectivity index (χ0n) is 10.8. The maximum atomic E-state index is 12.3. The fourth-order valence-corrected chi connectivity index (χ4v) is 2.41. The van der Waals surface area contributed by atoms with E-state index < -0.39 is 11.5 Å². The molecular weight excluding hydrogens is 246 g/mol. The lowest BCUT2D eigenvalue weighted by Gasteiger charge is -2.22. The molecule has 1 fully saturated rings. The lowest BCUT2D eigenvalue weighted by Crippen LogP contribution is -2.45. The summed E-state index contributed by atoms with van der Waals surface area (Å²) in [6.07, 6.45) is 0.781. The van der Waals surface area contributed by atoms with Crippen LogP contribution in [0.4, 0.5) is 0 Å². The lowest BCUT2D eigenvalue weighted by molar-refractivity contribution is -0.300. The van der Waals surface area contributed by atoms with Gasteiger partial charge in [-0.15, -0.1) is 0 Å². The minimum absolute atomic E-state index is 0.0196. The van der Waals surface area contributed by atoms with E-state index in [-0.39, 0.29) is 18.7 Å². The molecule has 0 spiro atoms. The van der Waals surface area contributed by atoms with Gasteiger partial charge in [0.15, 0.2) is 5.78 Å². The number of nitrogens with zero attached hydrogens (tertiary/aromatic N) is 1. The monoisotopic (exact) mass is 263 g/mol. The number of hydrogen-bond acceptors (Lipinski definition) is 4. The second-order valence-electron chi connectivity index (χ2n) is 4.74. The SMILES string of the molecule is CCCC1(OO)C(=O)CN(Cc2ccccc2)C1=O. The summed E-state index contributed by atoms with van der Waals surface area (Å²) in [4.78, 5) is 30.0. The van der Waals surface area contributed by atoms with Gasteiger partial charge in [0.25, 0.3) is 5.91 Å². The molecule has 1 aliphatic heterocycles. The fraction of sp³-hybridized carbons (Fsp3) is 0.429. The van der Waals surface area contributed by atoms with E-state index in [0.29, 0.717) is 13.0 Å². The van der Waals surface area contributed by atoms with Crippen LogP contribution in [-0.2, 0) is 21.0 Å². The van der Waals surface area contributed by atoms with E-state index in [1.807, 2.05) is 37.3 Å². The fourth-order valence-electron chi connectivity index (χ4n) is 2.41. The molecule has 5 heteroatoms. The van der Waals surface area contributed by atoms with Crippen molar-refractivity contribution in [1.82, 2.24) is 4.90 Å². The number of carbonyl (C=O) groups excluding carboxylic acids is 2. The molecule has 1 saturated heterocycles. The minimum atomic E-state index is -1.69. The molecular formula is C14H17NO4. The first-order chi connectivity index (χ1) is 9.14. The number of Topliss-reactive ketones (excluding diaryl/α,β-unsaturated/α-hetero) is 1. The van der Waals surface area contributed by atoms with Gasteiger partial charge in [-0.3, -0.25) is 14.8 Å². The topological polar surface area (TPSA) is 66.8 Å². The number of likely N-dealkylation sites (tertiary alicyclic amines) is 1. The molecule has 1 aliphatic rings. The first kappa shape index (κ1) is 13.7. The van der Waals surface area contributed by atoms with Crippen LogP contribution in [0.15, 0.2) is 30.3 Å². The van der Waals surface area contributed by atoms with Crippen molar-refractivity contribution in [2.24, 2.45) is 0 Å². The summed E-state index contributed by atoms with van der Waals surface area (Å²) in [7, 11) is 0. The lowest BCUT2D eigenvalue weighted by atomic mass is 9.95. The largest absolute Gasteiger partial charge is 0.328 e. The zero-order valence-corrected chi connectivity index (χ0v) is 10.8. The molecule has 1 amide bonds. The highest BCUT2D eigenvalue weighted by atomic mass is 17.1. The highest BCUT2D eigenvalue weighted by Gasteiger charge is 2.55. The molecule has 1 atom stereocenters. The van der Waals surface area contributed by atoms with Crippen molar-refractivity contribution < 1.29 is 19.7 Å². The Kier molecular flexibility index (Phi) is 3.97. The second-order valence-corrected chi connectivity index (χ2v) is 4.74. The number of carbonyl (C=O) groups is 2. The van der Waals surface area contributed by atoms with Crippen LogP contribution in [0.1, 0.15) is 25.3 Å². The summed E-state index contributed by atoms with van der Waals surface area (Å²) in [5.41, 5.74) is -0.752. The van der Waals surface area contributed by atoms with Gasteiger partial charge in [-0.2, -0.15) is 0 Å². The quantitative estimate of drug-likeness (QED) is 0.498. The van der Waals surface area contributed by atoms with Gasteiger partial charge >= 0.3 is 0 Å². The van der Waals surface area contributed by atoms with E-state index >= 15 is 0 Å². The Balaban J connectivity index is 2.18. The van der Waals surface area contributed by atoms with Crippen LogP contribution in [0.25, 0.3) is 0 Å². The smallest absolute Gasteiger partial charge is 0.266 e. The standard InChI is InChI=1S/C14H17NO4/c1-2-8-14(19-18)12(16)10-15(13(14)17)9-11-6-4-3-5-7-11/h3-7,18H,2,8-10H2,1H3. The minimum Gasteiger partial charge on any atom is -0.328 e. The molecule has 0 radical (unpaired) electrons. The van der Waals surface area contributed by atoms with Gasteiger partial charge in [0.1, 0.15) is 0 Å². The van der Waals surface area contributed by atoms with Gasteiger partial charge in [0.05, 0.1) is 6.54 Å². The number of benzene rings is 1. The van der Waals surface area contributed by atoms with E-state index in [0.717, 1.165) is 5.56 Å². The van der Waals surface area contributed by atoms with Crippen LogP contribution < -0.4 is 0 Å². The second kappa shape index (κ2) is 5.50. The summed E-state index contributed by atoms with van der Waals surface area (Å²) >= 11 is 0. The van der Waals surface area contributed by atoms with Crippen LogP contribution in [0.2, 0.25) is 0 Å². The normalized spacial score (nSPS) is 23.2. The zero-order chi connectivity index (χ0) is 13.9. The molecule has 2 rings (SSSR count). The van der Waals surface area contributed by atoms with E-state index in [1.165, 1.54) is 4.90 Å². The van der Waals surface area contributed by atoms with Crippen LogP contribution in [0.3, 0.4) is 0 Å². The van der Waals surface area contributed by atoms with Crippen molar-refractivity contribution in [1.29, 1.82) is 0 Å². The van der Waals surface area contributed by atoms with Crippen LogP contribution in [0, 0.1) is 0 Å². The molecule has 5 nitrogen and oxygen atoms in total. The Bertz CT molecular complexity index is 474. The maximum absolute atomic E-state index is 12.3. The van der Waals surface area contributed by atoms with Crippen LogP contribution >= 0.6 is 0 Å². The van der Waals surface area contributed by atoms with Crippen LogP contribution in [0.5, 0.6) is 0 Å². The summed E-state index contributed by atoms with van der Waals surface area (Å²) < 4.78 is 0. The number of hydrogen-bond donors (Lipinski definition) is 1. The third-order valence-electron chi connectivity index (χ3n) is 3.39. The highest BCUT2D eigenvalue weighted by molar-refractivity contribution is 6.15. The van der Waals surface area contributed by atoms with E-state index in [2.05, 4.69) is 4.89 Å². The van der Waals surface area contributed by atoms with Gasteiger partial charge < -0.3 is 4.90 Å². The molecule has 0 saturated carbocycles. The third kappa shape index (κ3) is 2.39. The Morgan fingerprint density at radius 3 is 2.58 bits per heavy atom. The summed E-state index contributed by atoms with van der Waals surface area (Å²) in [5.74, 6) is -0.830. The molecule has 0 bridgehead atoms. The van der Waals surface area contributed by atoms with Crippen molar-refractivity contribution in [3.8, 4) is 0 Å². The van der Waals surface area contributed by atoms with Gasteiger partial charge in [-0.05, 0) is 12.0 Å². The van der Waals surface area contributed by atoms with Crippen molar-refractivity contribution >= 4 is 11.7 Å². The van der Waals surface area contributed by atoms with Crippen molar-refractivity contribution in [3.63, 3.8) is 0 Å². The van der Waals surface area contributed by atoms with Crippen molar-refractivity contribution in [2.75, 3.05) is 6.54 Å². The van der Waals surface area contributed by atoms with Crippen molar-refractivity contribution in [2.45, 2.75) is 31.9 Å². The predicted octanol–water partition coefficient (Wildman–Crippen LogP) is 1.63. The number of amides is 1. The van der Waals surface area contributed by atoms with Gasteiger partial charge in [-0.1, -0.05) is 43.7 Å². The van der Waals surface area contributed by atoms with Gasteiger partial charge in [0.2, 0.25) is 5.60 Å². The Hall–Kier alpha value is -1.72. The van der Waals surface area contributed by atoms with Crippen molar-refractivity contribution in [3.05, 3.63) is 35.9 Å². The maximum Gasteiger partial charge on any atom is 0.266 e. The number of rotatable bonds is 5. The summed E-state index contributed by atoms with van der Waals surface area (Å²) in [5, 5.41) is 9.00. The molecule has 19 heavy (non-hydrogen) atoms.